The predicted molar refractivity (Wildman–Crippen MR) is 103 cm³/mol. The monoisotopic (exact) mass is 421 g/mol. The van der Waals surface area contributed by atoms with Gasteiger partial charge < -0.3 is 5.73 Å². The van der Waals surface area contributed by atoms with Crippen molar-refractivity contribution < 1.29 is 17.6 Å². The molecule has 2 heterocycles. The van der Waals surface area contributed by atoms with Gasteiger partial charge in [0.15, 0.2) is 11.5 Å². The maximum absolute atomic E-state index is 14.7. The second-order valence-electron chi connectivity index (χ2n) is 7.52. The Hall–Kier alpha value is -3.04. The SMILES string of the molecule is Nc1nc(-c2cc3ncn(CCC4CCCC4)c(=O)c3cc2F)cnc1C(F)(F)F. The van der Waals surface area contributed by atoms with Gasteiger partial charge in [-0.1, -0.05) is 25.7 Å². The molecule has 3 aromatic rings. The molecule has 158 valence electrons. The number of aryl methyl sites for hydroxylation is 1. The molecule has 1 aliphatic carbocycles. The van der Waals surface area contributed by atoms with Crippen LogP contribution in [0.15, 0.2) is 29.5 Å². The van der Waals surface area contributed by atoms with Crippen LogP contribution in [0.2, 0.25) is 0 Å². The highest BCUT2D eigenvalue weighted by Gasteiger charge is 2.36. The van der Waals surface area contributed by atoms with Gasteiger partial charge in [0.05, 0.1) is 29.1 Å². The van der Waals surface area contributed by atoms with Crippen molar-refractivity contribution in [1.82, 2.24) is 19.5 Å². The largest absolute Gasteiger partial charge is 0.437 e. The molecule has 0 saturated heterocycles. The number of alkyl halides is 3. The predicted octanol–water partition coefficient (Wildman–Crippen LogP) is 4.17. The van der Waals surface area contributed by atoms with Crippen LogP contribution in [0.5, 0.6) is 0 Å². The Morgan fingerprint density at radius 1 is 1.17 bits per heavy atom. The molecule has 1 aromatic carbocycles. The maximum Gasteiger partial charge on any atom is 0.437 e. The minimum Gasteiger partial charge on any atom is -0.382 e. The number of benzene rings is 1. The van der Waals surface area contributed by atoms with E-state index in [-0.39, 0.29) is 27.7 Å². The zero-order valence-electron chi connectivity index (χ0n) is 15.9. The summed E-state index contributed by atoms with van der Waals surface area (Å²) in [5.74, 6) is -1.08. The second-order valence-corrected chi connectivity index (χ2v) is 7.52. The molecule has 30 heavy (non-hydrogen) atoms. The zero-order valence-corrected chi connectivity index (χ0v) is 15.9. The Balaban J connectivity index is 1.68. The lowest BCUT2D eigenvalue weighted by Gasteiger charge is -2.12. The smallest absolute Gasteiger partial charge is 0.382 e. The van der Waals surface area contributed by atoms with Crippen molar-refractivity contribution in [3.8, 4) is 11.3 Å². The molecule has 0 atom stereocenters. The van der Waals surface area contributed by atoms with Crippen molar-refractivity contribution in [2.24, 2.45) is 5.92 Å². The van der Waals surface area contributed by atoms with E-state index in [0.29, 0.717) is 12.5 Å². The number of anilines is 1. The fraction of sp³-hybridized carbons (Fsp3) is 0.400. The van der Waals surface area contributed by atoms with Crippen LogP contribution in [0, 0.1) is 11.7 Å². The van der Waals surface area contributed by atoms with Gasteiger partial charge in [0, 0.05) is 12.1 Å². The quantitative estimate of drug-likeness (QED) is 0.639. The van der Waals surface area contributed by atoms with Crippen LogP contribution in [0.1, 0.15) is 37.8 Å². The first-order valence-electron chi connectivity index (χ1n) is 9.63. The standard InChI is InChI=1S/C20H19F4N5O/c21-14-7-13-15(27-10-29(19(13)30)6-5-11-3-1-2-4-11)8-12(14)16-9-26-17(18(25)28-16)20(22,23)24/h7-11H,1-6H2,(H2,25,28). The fourth-order valence-electron chi connectivity index (χ4n) is 3.91. The van der Waals surface area contributed by atoms with E-state index >= 15 is 0 Å². The highest BCUT2D eigenvalue weighted by atomic mass is 19.4. The number of hydrogen-bond donors (Lipinski definition) is 1. The molecule has 0 aliphatic heterocycles. The lowest BCUT2D eigenvalue weighted by molar-refractivity contribution is -0.140. The summed E-state index contributed by atoms with van der Waals surface area (Å²) in [5.41, 5.74) is 3.56. The number of hydrogen-bond acceptors (Lipinski definition) is 5. The van der Waals surface area contributed by atoms with E-state index in [1.807, 2.05) is 0 Å². The Labute approximate surface area is 168 Å². The van der Waals surface area contributed by atoms with Gasteiger partial charge in [-0.15, -0.1) is 0 Å². The van der Waals surface area contributed by atoms with E-state index in [4.69, 9.17) is 5.73 Å². The molecule has 0 amide bonds. The summed E-state index contributed by atoms with van der Waals surface area (Å²) >= 11 is 0. The third-order valence-corrected chi connectivity index (χ3v) is 5.51. The molecule has 0 radical (unpaired) electrons. The van der Waals surface area contributed by atoms with Crippen molar-refractivity contribution in [3.63, 3.8) is 0 Å². The molecule has 0 spiro atoms. The molecule has 1 saturated carbocycles. The first-order valence-corrected chi connectivity index (χ1v) is 9.63. The van der Waals surface area contributed by atoms with Crippen molar-refractivity contribution in [2.45, 2.75) is 44.8 Å². The summed E-state index contributed by atoms with van der Waals surface area (Å²) in [6.07, 6.45) is 3.05. The maximum atomic E-state index is 14.7. The molecule has 2 N–H and O–H groups in total. The number of nitrogen functional groups attached to an aromatic ring is 1. The van der Waals surface area contributed by atoms with E-state index in [2.05, 4.69) is 15.0 Å². The summed E-state index contributed by atoms with van der Waals surface area (Å²) in [4.78, 5) is 23.9. The number of halogens is 4. The first-order chi connectivity index (χ1) is 14.2. The number of aromatic nitrogens is 4. The van der Waals surface area contributed by atoms with E-state index in [0.717, 1.165) is 31.5 Å². The lowest BCUT2D eigenvalue weighted by atomic mass is 10.0. The summed E-state index contributed by atoms with van der Waals surface area (Å²) in [6.45, 7) is 0.511. The minimum absolute atomic E-state index is 0.0954. The van der Waals surface area contributed by atoms with E-state index in [9.17, 15) is 22.4 Å². The fourth-order valence-corrected chi connectivity index (χ4v) is 3.91. The van der Waals surface area contributed by atoms with Crippen molar-refractivity contribution >= 4 is 16.7 Å². The van der Waals surface area contributed by atoms with Gasteiger partial charge in [0.25, 0.3) is 5.56 Å². The van der Waals surface area contributed by atoms with Crippen LogP contribution < -0.4 is 11.3 Å². The summed E-state index contributed by atoms with van der Waals surface area (Å²) < 4.78 is 54.6. The molecule has 1 fully saturated rings. The average molecular weight is 421 g/mol. The van der Waals surface area contributed by atoms with Gasteiger partial charge in [0.2, 0.25) is 0 Å². The third kappa shape index (κ3) is 3.86. The molecular formula is C20H19F4N5O. The van der Waals surface area contributed by atoms with Gasteiger partial charge in [-0.2, -0.15) is 13.2 Å². The van der Waals surface area contributed by atoms with Gasteiger partial charge in [-0.3, -0.25) is 9.36 Å². The van der Waals surface area contributed by atoms with Crippen LogP contribution in [-0.4, -0.2) is 19.5 Å². The number of nitrogens with two attached hydrogens (primary N) is 1. The molecule has 0 unspecified atom stereocenters. The highest BCUT2D eigenvalue weighted by molar-refractivity contribution is 5.83. The average Bonchev–Trinajstić information content (AvgIpc) is 3.20. The first kappa shape index (κ1) is 20.2. The number of fused-ring (bicyclic) bond motifs is 1. The number of nitrogens with zero attached hydrogens (tertiary/aromatic N) is 4. The molecule has 4 rings (SSSR count). The highest BCUT2D eigenvalue weighted by Crippen LogP contribution is 2.33. The van der Waals surface area contributed by atoms with E-state index < -0.39 is 23.5 Å². The second kappa shape index (κ2) is 7.66. The Bertz CT molecular complexity index is 1150. The van der Waals surface area contributed by atoms with Gasteiger partial charge in [-0.25, -0.2) is 19.3 Å². The van der Waals surface area contributed by atoms with Crippen LogP contribution in [0.25, 0.3) is 22.2 Å². The normalized spacial score (nSPS) is 15.2. The van der Waals surface area contributed by atoms with Crippen molar-refractivity contribution in [1.29, 1.82) is 0 Å². The Morgan fingerprint density at radius 2 is 1.90 bits per heavy atom. The third-order valence-electron chi connectivity index (χ3n) is 5.51. The summed E-state index contributed by atoms with van der Waals surface area (Å²) in [5, 5.41) is 0.0954. The molecule has 6 nitrogen and oxygen atoms in total. The topological polar surface area (TPSA) is 86.7 Å². The molecule has 10 heteroatoms. The van der Waals surface area contributed by atoms with Crippen molar-refractivity contribution in [3.05, 3.63) is 46.5 Å². The van der Waals surface area contributed by atoms with E-state index in [1.54, 1.807) is 0 Å². The molecule has 1 aliphatic rings. The Kier molecular flexibility index (Phi) is 5.17. The van der Waals surface area contributed by atoms with E-state index in [1.165, 1.54) is 29.8 Å². The Morgan fingerprint density at radius 3 is 2.57 bits per heavy atom. The van der Waals surface area contributed by atoms with Crippen LogP contribution in [0.4, 0.5) is 23.4 Å². The van der Waals surface area contributed by atoms with Gasteiger partial charge in [-0.05, 0) is 24.5 Å². The minimum atomic E-state index is -4.76. The van der Waals surface area contributed by atoms with Crippen LogP contribution in [-0.2, 0) is 12.7 Å². The van der Waals surface area contributed by atoms with Crippen LogP contribution >= 0.6 is 0 Å². The van der Waals surface area contributed by atoms with Gasteiger partial charge >= 0.3 is 6.18 Å². The zero-order chi connectivity index (χ0) is 21.5. The van der Waals surface area contributed by atoms with Crippen molar-refractivity contribution in [2.75, 3.05) is 5.73 Å². The molecule has 2 aromatic heterocycles. The lowest BCUT2D eigenvalue weighted by Crippen LogP contribution is -2.22. The summed E-state index contributed by atoms with van der Waals surface area (Å²) in [6, 6.07) is 2.30. The van der Waals surface area contributed by atoms with Crippen LogP contribution in [0.3, 0.4) is 0 Å². The summed E-state index contributed by atoms with van der Waals surface area (Å²) in [7, 11) is 0. The van der Waals surface area contributed by atoms with Gasteiger partial charge in [0.1, 0.15) is 5.82 Å². The molecular weight excluding hydrogens is 402 g/mol. The molecule has 0 bridgehead atoms. The number of rotatable bonds is 4.